The highest BCUT2D eigenvalue weighted by atomic mass is 35.5. The van der Waals surface area contributed by atoms with Gasteiger partial charge in [-0.15, -0.1) is 11.3 Å². The minimum Gasteiger partial charge on any atom is -0.349 e. The molecule has 3 atom stereocenters. The van der Waals surface area contributed by atoms with Crippen molar-refractivity contribution in [2.75, 3.05) is 27.7 Å². The van der Waals surface area contributed by atoms with Gasteiger partial charge in [0.1, 0.15) is 11.3 Å². The van der Waals surface area contributed by atoms with Gasteiger partial charge in [0.05, 0.1) is 11.7 Å². The van der Waals surface area contributed by atoms with Gasteiger partial charge >= 0.3 is 0 Å². The lowest BCUT2D eigenvalue weighted by molar-refractivity contribution is -0.134. The third kappa shape index (κ3) is 5.48. The van der Waals surface area contributed by atoms with E-state index in [-0.39, 0.29) is 35.4 Å². The van der Waals surface area contributed by atoms with Crippen molar-refractivity contribution >= 4 is 46.3 Å². The van der Waals surface area contributed by atoms with Crippen LogP contribution in [0.1, 0.15) is 50.1 Å². The Morgan fingerprint density at radius 1 is 1.14 bits per heavy atom. The predicted octanol–water partition coefficient (Wildman–Crippen LogP) is 2.22. The molecule has 10 nitrogen and oxygen atoms in total. The summed E-state index contributed by atoms with van der Waals surface area (Å²) in [5.41, 5.74) is 1.81. The summed E-state index contributed by atoms with van der Waals surface area (Å²) in [4.78, 5) is 53.0. The number of rotatable bonds is 5. The molecule has 0 unspecified atom stereocenters. The average molecular weight is 544 g/mol. The molecule has 12 heteroatoms. The number of pyridine rings is 1. The van der Waals surface area contributed by atoms with Crippen LogP contribution >= 0.6 is 22.9 Å². The Bertz CT molecular complexity index is 1350. The van der Waals surface area contributed by atoms with Gasteiger partial charge in [-0.2, -0.15) is 0 Å². The Labute approximate surface area is 224 Å². The molecule has 0 aromatic carbocycles. The number of aromatic nitrogens is 3. The highest BCUT2D eigenvalue weighted by molar-refractivity contribution is 7.13. The van der Waals surface area contributed by atoms with Crippen molar-refractivity contribution in [1.82, 2.24) is 34.8 Å². The second kappa shape index (κ2) is 10.4. The molecule has 196 valence electrons. The molecule has 4 heterocycles. The summed E-state index contributed by atoms with van der Waals surface area (Å²) in [5, 5.41) is 7.09. The van der Waals surface area contributed by atoms with Crippen LogP contribution in [-0.4, -0.2) is 81.7 Å². The largest absolute Gasteiger partial charge is 0.349 e. The van der Waals surface area contributed by atoms with Crippen molar-refractivity contribution in [2.45, 2.75) is 44.3 Å². The Hall–Kier alpha value is -3.02. The summed E-state index contributed by atoms with van der Waals surface area (Å²) in [6, 6.07) is 2.64. The molecular formula is C25H30ClN7O3S. The molecule has 0 saturated heterocycles. The van der Waals surface area contributed by atoms with Gasteiger partial charge in [-0.1, -0.05) is 11.6 Å². The fourth-order valence-electron chi connectivity index (χ4n) is 5.05. The standard InChI is InChI=1S/C25H30ClN7O3S/c1-31(2)25(36)14-4-5-16(28-22(34)19-12-33-9-6-15(26)11-21(33)27-19)18(10-14)29-23(35)24-30-17-7-8-32(3)13-20(17)37-24/h6,9,11-12,14,16,18H,4-5,7-8,10,13H2,1-3H3,(H,28,34)(H,29,35)/t14-,16-,18+/m0/s1. The molecule has 0 radical (unpaired) electrons. The maximum Gasteiger partial charge on any atom is 0.280 e. The van der Waals surface area contributed by atoms with Gasteiger partial charge in [-0.3, -0.25) is 14.4 Å². The zero-order valence-electron chi connectivity index (χ0n) is 21.0. The number of imidazole rings is 1. The van der Waals surface area contributed by atoms with Gasteiger partial charge in [-0.05, 0) is 32.4 Å². The molecule has 3 aromatic heterocycles. The van der Waals surface area contributed by atoms with Crippen LogP contribution in [0.25, 0.3) is 5.65 Å². The first-order valence-corrected chi connectivity index (χ1v) is 13.5. The SMILES string of the molecule is CN1CCc2nc(C(=O)N[C@@H]3C[C@@H](C(=O)N(C)C)CC[C@@H]3NC(=O)c3cn4ccc(Cl)cc4n3)sc2C1. The number of thiazole rings is 1. The molecule has 37 heavy (non-hydrogen) atoms. The summed E-state index contributed by atoms with van der Waals surface area (Å²) in [5.74, 6) is -0.821. The van der Waals surface area contributed by atoms with E-state index in [1.807, 2.05) is 0 Å². The molecule has 1 aliphatic carbocycles. The van der Waals surface area contributed by atoms with E-state index in [2.05, 4.69) is 32.5 Å². The number of amides is 3. The molecule has 1 fully saturated rings. The first-order valence-electron chi connectivity index (χ1n) is 12.3. The monoisotopic (exact) mass is 543 g/mol. The Balaban J connectivity index is 1.34. The molecule has 5 rings (SSSR count). The van der Waals surface area contributed by atoms with E-state index in [9.17, 15) is 14.4 Å². The molecule has 0 spiro atoms. The molecule has 3 amide bonds. The second-order valence-corrected chi connectivity index (χ2v) is 11.5. The Morgan fingerprint density at radius 2 is 1.92 bits per heavy atom. The molecule has 2 aliphatic rings. The summed E-state index contributed by atoms with van der Waals surface area (Å²) >= 11 is 7.46. The first kappa shape index (κ1) is 25.6. The topological polar surface area (TPSA) is 112 Å². The second-order valence-electron chi connectivity index (χ2n) is 10.0. The molecular weight excluding hydrogens is 514 g/mol. The van der Waals surface area contributed by atoms with Crippen LogP contribution in [0.4, 0.5) is 0 Å². The molecule has 1 saturated carbocycles. The van der Waals surface area contributed by atoms with Crippen LogP contribution in [0, 0.1) is 5.92 Å². The highest BCUT2D eigenvalue weighted by Crippen LogP contribution is 2.28. The van der Waals surface area contributed by atoms with Crippen LogP contribution in [0.3, 0.4) is 0 Å². The zero-order valence-corrected chi connectivity index (χ0v) is 22.6. The van der Waals surface area contributed by atoms with Crippen LogP contribution in [0.5, 0.6) is 0 Å². The van der Waals surface area contributed by atoms with E-state index in [4.69, 9.17) is 11.6 Å². The summed E-state index contributed by atoms with van der Waals surface area (Å²) < 4.78 is 1.73. The predicted molar refractivity (Wildman–Crippen MR) is 141 cm³/mol. The van der Waals surface area contributed by atoms with Crippen LogP contribution in [-0.2, 0) is 17.8 Å². The van der Waals surface area contributed by atoms with Gasteiger partial charge in [0.2, 0.25) is 5.91 Å². The lowest BCUT2D eigenvalue weighted by Gasteiger charge is -2.37. The lowest BCUT2D eigenvalue weighted by atomic mass is 9.81. The van der Waals surface area contributed by atoms with E-state index in [1.165, 1.54) is 11.3 Å². The van der Waals surface area contributed by atoms with Gasteiger partial charge < -0.3 is 24.8 Å². The minimum absolute atomic E-state index is 0.0222. The number of likely N-dealkylation sites (N-methyl/N-ethyl adjacent to an activating group) is 1. The molecule has 0 bridgehead atoms. The number of hydrogen-bond acceptors (Lipinski definition) is 7. The van der Waals surface area contributed by atoms with Crippen molar-refractivity contribution < 1.29 is 14.4 Å². The number of carbonyl (C=O) groups is 3. The van der Waals surface area contributed by atoms with E-state index >= 15 is 0 Å². The summed E-state index contributed by atoms with van der Waals surface area (Å²) in [6.07, 6.45) is 5.82. The van der Waals surface area contributed by atoms with Gasteiger partial charge in [0.15, 0.2) is 5.01 Å². The number of nitrogens with zero attached hydrogens (tertiary/aromatic N) is 5. The van der Waals surface area contributed by atoms with Gasteiger partial charge in [0, 0.05) is 73.9 Å². The van der Waals surface area contributed by atoms with Crippen molar-refractivity contribution in [3.63, 3.8) is 0 Å². The summed E-state index contributed by atoms with van der Waals surface area (Å²) in [7, 11) is 5.52. The third-order valence-corrected chi connectivity index (χ3v) is 8.36. The quantitative estimate of drug-likeness (QED) is 0.510. The van der Waals surface area contributed by atoms with Crippen LogP contribution in [0.2, 0.25) is 5.02 Å². The third-order valence-electron chi connectivity index (χ3n) is 7.04. The van der Waals surface area contributed by atoms with Crippen LogP contribution < -0.4 is 10.6 Å². The molecule has 3 aromatic rings. The van der Waals surface area contributed by atoms with E-state index in [1.54, 1.807) is 47.9 Å². The highest BCUT2D eigenvalue weighted by Gasteiger charge is 2.37. The van der Waals surface area contributed by atoms with E-state index in [0.717, 1.165) is 30.1 Å². The fraction of sp³-hybridized carbons (Fsp3) is 0.480. The van der Waals surface area contributed by atoms with Crippen molar-refractivity contribution in [2.24, 2.45) is 5.92 Å². The number of nitrogens with one attached hydrogen (secondary N) is 2. The molecule has 1 aliphatic heterocycles. The zero-order chi connectivity index (χ0) is 26.3. The van der Waals surface area contributed by atoms with Crippen molar-refractivity contribution in [3.8, 4) is 0 Å². The van der Waals surface area contributed by atoms with Crippen molar-refractivity contribution in [1.29, 1.82) is 0 Å². The Kier molecular flexibility index (Phi) is 7.19. The van der Waals surface area contributed by atoms with Gasteiger partial charge in [-0.25, -0.2) is 9.97 Å². The molecule has 2 N–H and O–H groups in total. The summed E-state index contributed by atoms with van der Waals surface area (Å²) in [6.45, 7) is 1.70. The minimum atomic E-state index is -0.422. The van der Waals surface area contributed by atoms with Gasteiger partial charge in [0.25, 0.3) is 11.8 Å². The van der Waals surface area contributed by atoms with E-state index in [0.29, 0.717) is 34.9 Å². The number of halogens is 1. The van der Waals surface area contributed by atoms with Crippen molar-refractivity contribution in [3.05, 3.63) is 50.8 Å². The Morgan fingerprint density at radius 3 is 2.70 bits per heavy atom. The van der Waals surface area contributed by atoms with E-state index < -0.39 is 6.04 Å². The number of carbonyl (C=O) groups excluding carboxylic acids is 3. The smallest absolute Gasteiger partial charge is 0.280 e. The number of fused-ring (bicyclic) bond motifs is 2. The lowest BCUT2D eigenvalue weighted by Crippen LogP contribution is -2.56. The maximum atomic E-state index is 13.3. The van der Waals surface area contributed by atoms with Crippen LogP contribution in [0.15, 0.2) is 24.5 Å². The maximum absolute atomic E-state index is 13.3. The normalized spacial score (nSPS) is 21.9. The first-order chi connectivity index (χ1) is 17.7. The average Bonchev–Trinajstić information content (AvgIpc) is 3.48. The fourth-order valence-corrected chi connectivity index (χ4v) is 6.30. The number of hydrogen-bond donors (Lipinski definition) is 2.